The van der Waals surface area contributed by atoms with Gasteiger partial charge in [-0.2, -0.15) is 0 Å². The number of aryl methyl sites for hydroxylation is 1. The molecule has 0 atom stereocenters. The molecule has 94 valence electrons. The summed E-state index contributed by atoms with van der Waals surface area (Å²) in [6.07, 6.45) is 2.93. The maximum atomic E-state index is 8.01. The van der Waals surface area contributed by atoms with Crippen LogP contribution in [0.25, 0.3) is 10.9 Å². The Kier molecular flexibility index (Phi) is 2.51. The van der Waals surface area contributed by atoms with Gasteiger partial charge in [-0.15, -0.1) is 0 Å². The summed E-state index contributed by atoms with van der Waals surface area (Å²) in [6.45, 7) is 0. The lowest BCUT2D eigenvalue weighted by Crippen LogP contribution is -2.09. The van der Waals surface area contributed by atoms with Crippen LogP contribution in [0.2, 0.25) is 0 Å². The SMILES string of the molecule is COc1cc2[nH]c3c(c2cc1OC)CCCC3=N. The number of H-pyrrole nitrogens is 1. The highest BCUT2D eigenvalue weighted by molar-refractivity contribution is 6.05. The van der Waals surface area contributed by atoms with E-state index in [4.69, 9.17) is 14.9 Å². The van der Waals surface area contributed by atoms with Crippen molar-refractivity contribution in [1.82, 2.24) is 4.98 Å². The van der Waals surface area contributed by atoms with Gasteiger partial charge >= 0.3 is 0 Å². The Morgan fingerprint density at radius 1 is 1.11 bits per heavy atom. The van der Waals surface area contributed by atoms with Crippen LogP contribution in [0.4, 0.5) is 0 Å². The van der Waals surface area contributed by atoms with Crippen molar-refractivity contribution in [2.75, 3.05) is 14.2 Å². The zero-order chi connectivity index (χ0) is 12.7. The van der Waals surface area contributed by atoms with Gasteiger partial charge in [0.25, 0.3) is 0 Å². The molecule has 3 rings (SSSR count). The lowest BCUT2D eigenvalue weighted by molar-refractivity contribution is 0.356. The van der Waals surface area contributed by atoms with Gasteiger partial charge in [0.2, 0.25) is 0 Å². The number of nitrogens with one attached hydrogen (secondary N) is 2. The Bertz CT molecular complexity index is 628. The molecule has 1 aliphatic carbocycles. The summed E-state index contributed by atoms with van der Waals surface area (Å²) < 4.78 is 10.6. The maximum Gasteiger partial charge on any atom is 0.162 e. The van der Waals surface area contributed by atoms with Crippen molar-refractivity contribution in [1.29, 1.82) is 5.41 Å². The lowest BCUT2D eigenvalue weighted by atomic mass is 9.94. The van der Waals surface area contributed by atoms with E-state index in [-0.39, 0.29) is 0 Å². The second-order valence-corrected chi connectivity index (χ2v) is 4.56. The number of fused-ring (bicyclic) bond motifs is 3. The smallest absolute Gasteiger partial charge is 0.162 e. The maximum absolute atomic E-state index is 8.01. The monoisotopic (exact) mass is 244 g/mol. The number of aromatic amines is 1. The van der Waals surface area contributed by atoms with Gasteiger partial charge in [0, 0.05) is 11.5 Å². The summed E-state index contributed by atoms with van der Waals surface area (Å²) in [7, 11) is 3.28. The number of hydrogen-bond donors (Lipinski definition) is 2. The van der Waals surface area contributed by atoms with Gasteiger partial charge in [0.05, 0.1) is 31.1 Å². The van der Waals surface area contributed by atoms with Gasteiger partial charge in [-0.25, -0.2) is 0 Å². The molecule has 1 aliphatic rings. The van der Waals surface area contributed by atoms with Crippen molar-refractivity contribution in [3.63, 3.8) is 0 Å². The molecule has 0 bridgehead atoms. The third-order valence-electron chi connectivity index (χ3n) is 3.57. The number of methoxy groups -OCH3 is 2. The Hall–Kier alpha value is -1.97. The largest absolute Gasteiger partial charge is 0.493 e. The van der Waals surface area contributed by atoms with Crippen LogP contribution in [-0.4, -0.2) is 24.9 Å². The standard InChI is InChI=1S/C14H16N2O2/c1-17-12-6-9-8-4-3-5-10(15)14(8)16-11(9)7-13(12)18-2/h6-7,15-16H,3-5H2,1-2H3. The van der Waals surface area contributed by atoms with Crippen molar-refractivity contribution < 1.29 is 9.47 Å². The van der Waals surface area contributed by atoms with Gasteiger partial charge in [-0.05, 0) is 30.9 Å². The number of aromatic nitrogens is 1. The van der Waals surface area contributed by atoms with E-state index in [1.807, 2.05) is 12.1 Å². The summed E-state index contributed by atoms with van der Waals surface area (Å²) >= 11 is 0. The van der Waals surface area contributed by atoms with Crippen molar-refractivity contribution in [2.24, 2.45) is 0 Å². The fourth-order valence-electron chi connectivity index (χ4n) is 2.66. The summed E-state index contributed by atoms with van der Waals surface area (Å²) in [5.74, 6) is 1.46. The first kappa shape index (κ1) is 11.1. The van der Waals surface area contributed by atoms with Crippen molar-refractivity contribution in [3.8, 4) is 11.5 Å². The summed E-state index contributed by atoms with van der Waals surface area (Å²) in [5.41, 5.74) is 3.93. The first-order valence-corrected chi connectivity index (χ1v) is 6.09. The molecular weight excluding hydrogens is 228 g/mol. The fraction of sp³-hybridized carbons (Fsp3) is 0.357. The Morgan fingerprint density at radius 3 is 2.56 bits per heavy atom. The normalized spacial score (nSPS) is 14.7. The molecule has 0 unspecified atom stereocenters. The second-order valence-electron chi connectivity index (χ2n) is 4.56. The lowest BCUT2D eigenvalue weighted by Gasteiger charge is -2.12. The Balaban J connectivity index is 2.28. The number of rotatable bonds is 2. The summed E-state index contributed by atoms with van der Waals surface area (Å²) in [5, 5.41) is 9.15. The third kappa shape index (κ3) is 1.49. The van der Waals surface area contributed by atoms with Crippen LogP contribution in [0.15, 0.2) is 12.1 Å². The van der Waals surface area contributed by atoms with E-state index in [9.17, 15) is 0 Å². The molecule has 2 N–H and O–H groups in total. The summed E-state index contributed by atoms with van der Waals surface area (Å²) in [4.78, 5) is 3.33. The molecule has 2 aromatic rings. The molecule has 4 heteroatoms. The second kappa shape index (κ2) is 4.05. The van der Waals surface area contributed by atoms with E-state index < -0.39 is 0 Å². The zero-order valence-corrected chi connectivity index (χ0v) is 10.6. The van der Waals surface area contributed by atoms with E-state index in [1.54, 1.807) is 14.2 Å². The van der Waals surface area contributed by atoms with E-state index in [0.717, 1.165) is 47.4 Å². The van der Waals surface area contributed by atoms with Crippen LogP contribution in [0.5, 0.6) is 11.5 Å². The molecule has 1 heterocycles. The average Bonchev–Trinajstić information content (AvgIpc) is 2.76. The van der Waals surface area contributed by atoms with E-state index in [0.29, 0.717) is 5.71 Å². The molecule has 1 aromatic heterocycles. The van der Waals surface area contributed by atoms with Crippen LogP contribution in [0.1, 0.15) is 24.1 Å². The van der Waals surface area contributed by atoms with Crippen molar-refractivity contribution in [3.05, 3.63) is 23.4 Å². The van der Waals surface area contributed by atoms with E-state index >= 15 is 0 Å². The molecule has 0 saturated carbocycles. The van der Waals surface area contributed by atoms with Gasteiger partial charge < -0.3 is 19.9 Å². The predicted octanol–water partition coefficient (Wildman–Crippen LogP) is 2.89. The van der Waals surface area contributed by atoms with Crippen LogP contribution in [0, 0.1) is 5.41 Å². The summed E-state index contributed by atoms with van der Waals surface area (Å²) in [6, 6.07) is 3.95. The van der Waals surface area contributed by atoms with Crippen LogP contribution < -0.4 is 9.47 Å². The molecule has 0 spiro atoms. The highest BCUT2D eigenvalue weighted by Crippen LogP contribution is 2.36. The Labute approximate surface area is 105 Å². The topological polar surface area (TPSA) is 58.1 Å². The zero-order valence-electron chi connectivity index (χ0n) is 10.6. The molecule has 4 nitrogen and oxygen atoms in total. The van der Waals surface area contributed by atoms with E-state index in [2.05, 4.69) is 4.98 Å². The van der Waals surface area contributed by atoms with Gasteiger partial charge in [-0.3, -0.25) is 0 Å². The first-order chi connectivity index (χ1) is 8.74. The molecule has 0 radical (unpaired) electrons. The highest BCUT2D eigenvalue weighted by Gasteiger charge is 2.20. The average molecular weight is 244 g/mol. The van der Waals surface area contributed by atoms with Gasteiger partial charge in [-0.1, -0.05) is 0 Å². The van der Waals surface area contributed by atoms with Crippen LogP contribution >= 0.6 is 0 Å². The minimum absolute atomic E-state index is 0.699. The minimum atomic E-state index is 0.699. The minimum Gasteiger partial charge on any atom is -0.493 e. The number of benzene rings is 1. The molecule has 18 heavy (non-hydrogen) atoms. The van der Waals surface area contributed by atoms with E-state index in [1.165, 1.54) is 5.56 Å². The molecule has 1 aromatic carbocycles. The molecule has 0 saturated heterocycles. The van der Waals surface area contributed by atoms with Crippen molar-refractivity contribution >= 4 is 16.6 Å². The molecule has 0 aliphatic heterocycles. The molecular formula is C14H16N2O2. The van der Waals surface area contributed by atoms with Crippen LogP contribution in [-0.2, 0) is 6.42 Å². The quantitative estimate of drug-likeness (QED) is 0.853. The Morgan fingerprint density at radius 2 is 1.83 bits per heavy atom. The van der Waals surface area contributed by atoms with Gasteiger partial charge in [0.15, 0.2) is 11.5 Å². The first-order valence-electron chi connectivity index (χ1n) is 6.09. The molecule has 0 fully saturated rings. The van der Waals surface area contributed by atoms with Crippen molar-refractivity contribution in [2.45, 2.75) is 19.3 Å². The predicted molar refractivity (Wildman–Crippen MR) is 71.2 cm³/mol. The number of hydrogen-bond acceptors (Lipinski definition) is 3. The van der Waals surface area contributed by atoms with Gasteiger partial charge in [0.1, 0.15) is 0 Å². The highest BCUT2D eigenvalue weighted by atomic mass is 16.5. The van der Waals surface area contributed by atoms with Crippen LogP contribution in [0.3, 0.4) is 0 Å². The third-order valence-corrected chi connectivity index (χ3v) is 3.57. The number of ether oxygens (including phenoxy) is 2. The molecule has 0 amide bonds. The fourth-order valence-corrected chi connectivity index (χ4v) is 2.66.